The van der Waals surface area contributed by atoms with Gasteiger partial charge in [0.15, 0.2) is 0 Å². The lowest BCUT2D eigenvalue weighted by atomic mass is 9.75. The summed E-state index contributed by atoms with van der Waals surface area (Å²) in [6.45, 7) is 4.46. The fraction of sp³-hybridized carbons (Fsp3) is 0.630. The molecule has 0 spiro atoms. The maximum Gasteiger partial charge on any atom is 0.0271 e. The van der Waals surface area contributed by atoms with Gasteiger partial charge in [-0.15, -0.1) is 11.8 Å². The van der Waals surface area contributed by atoms with Crippen LogP contribution in [0.2, 0.25) is 0 Å². The van der Waals surface area contributed by atoms with Crippen molar-refractivity contribution >= 4 is 11.8 Å². The second-order valence-electron chi connectivity index (χ2n) is 9.37. The standard InChI is InChI=1S/C27H38S/c1-21(20-22-8-4-2-5-9-22)23-12-14-24(15-13-23)25-16-18-27(19-17-25)28-26-10-6-3-7-11-26/h8,10,12,14,16,18,23-25,27H,1-7,9,11,13,15,17,19-20H2. The van der Waals surface area contributed by atoms with Crippen LogP contribution in [0.3, 0.4) is 0 Å². The molecule has 4 rings (SSSR count). The van der Waals surface area contributed by atoms with Crippen LogP contribution in [0.5, 0.6) is 0 Å². The van der Waals surface area contributed by atoms with E-state index in [-0.39, 0.29) is 0 Å². The number of hydrogen-bond acceptors (Lipinski definition) is 1. The highest BCUT2D eigenvalue weighted by molar-refractivity contribution is 8.03. The monoisotopic (exact) mass is 394 g/mol. The maximum absolute atomic E-state index is 4.46. The zero-order valence-electron chi connectivity index (χ0n) is 17.6. The van der Waals surface area contributed by atoms with Crippen molar-refractivity contribution in [2.24, 2.45) is 17.8 Å². The fourth-order valence-corrected chi connectivity index (χ4v) is 6.70. The zero-order chi connectivity index (χ0) is 19.2. The summed E-state index contributed by atoms with van der Waals surface area (Å²) < 4.78 is 0. The topological polar surface area (TPSA) is 0 Å². The molecule has 0 fully saturated rings. The summed E-state index contributed by atoms with van der Waals surface area (Å²) in [4.78, 5) is 1.66. The quantitative estimate of drug-likeness (QED) is 0.407. The first kappa shape index (κ1) is 20.3. The lowest BCUT2D eigenvalue weighted by molar-refractivity contribution is 0.365. The molecule has 152 valence electrons. The van der Waals surface area contributed by atoms with E-state index < -0.39 is 0 Å². The SMILES string of the molecule is C=C(CC1=CCCCC1)C1C=CC(C2C=CC(SC3=CCCCC3)CC2)CC1. The largest absolute Gasteiger partial charge is 0.123 e. The first-order chi connectivity index (χ1) is 13.8. The molecule has 0 amide bonds. The Bertz CT molecular complexity index is 662. The minimum atomic E-state index is 0.619. The summed E-state index contributed by atoms with van der Waals surface area (Å²) in [6, 6.07) is 0. The first-order valence-corrected chi connectivity index (χ1v) is 12.7. The first-order valence-electron chi connectivity index (χ1n) is 11.9. The van der Waals surface area contributed by atoms with Crippen LogP contribution >= 0.6 is 11.8 Å². The molecule has 4 aliphatic carbocycles. The molecule has 0 nitrogen and oxygen atoms in total. The Morgan fingerprint density at radius 2 is 1.57 bits per heavy atom. The predicted octanol–water partition coefficient (Wildman–Crippen LogP) is 8.54. The molecule has 0 heterocycles. The lowest BCUT2D eigenvalue weighted by Crippen LogP contribution is -2.21. The molecule has 0 saturated carbocycles. The van der Waals surface area contributed by atoms with Crippen molar-refractivity contribution in [2.45, 2.75) is 88.7 Å². The van der Waals surface area contributed by atoms with Crippen molar-refractivity contribution in [2.75, 3.05) is 0 Å². The van der Waals surface area contributed by atoms with Gasteiger partial charge in [0.25, 0.3) is 0 Å². The van der Waals surface area contributed by atoms with E-state index in [2.05, 4.69) is 54.8 Å². The van der Waals surface area contributed by atoms with Crippen molar-refractivity contribution in [3.05, 3.63) is 59.1 Å². The molecule has 0 bridgehead atoms. The Hall–Kier alpha value is -0.950. The van der Waals surface area contributed by atoms with E-state index >= 15 is 0 Å². The Balaban J connectivity index is 1.25. The lowest BCUT2D eigenvalue weighted by Gasteiger charge is -2.32. The van der Waals surface area contributed by atoms with Gasteiger partial charge in [-0.1, -0.05) is 54.2 Å². The molecule has 0 aromatic rings. The van der Waals surface area contributed by atoms with E-state index in [0.29, 0.717) is 5.92 Å². The highest BCUT2D eigenvalue weighted by Gasteiger charge is 2.26. The number of hydrogen-bond donors (Lipinski definition) is 0. The Morgan fingerprint density at radius 1 is 0.821 bits per heavy atom. The van der Waals surface area contributed by atoms with Crippen molar-refractivity contribution in [3.63, 3.8) is 0 Å². The number of thioether (sulfide) groups is 1. The average molecular weight is 395 g/mol. The van der Waals surface area contributed by atoms with Crippen LogP contribution in [-0.2, 0) is 0 Å². The van der Waals surface area contributed by atoms with E-state index in [1.807, 2.05) is 0 Å². The molecule has 4 unspecified atom stereocenters. The van der Waals surface area contributed by atoms with E-state index in [0.717, 1.165) is 23.5 Å². The minimum Gasteiger partial charge on any atom is -0.123 e. The van der Waals surface area contributed by atoms with Gasteiger partial charge in [0, 0.05) is 5.25 Å². The van der Waals surface area contributed by atoms with Gasteiger partial charge < -0.3 is 0 Å². The summed E-state index contributed by atoms with van der Waals surface area (Å²) in [5.74, 6) is 2.14. The third kappa shape index (κ3) is 5.56. The van der Waals surface area contributed by atoms with E-state index in [4.69, 9.17) is 0 Å². The minimum absolute atomic E-state index is 0.619. The summed E-state index contributed by atoms with van der Waals surface area (Å²) in [6.07, 6.45) is 32.4. The highest BCUT2D eigenvalue weighted by Crippen LogP contribution is 2.40. The van der Waals surface area contributed by atoms with Crippen LogP contribution in [0.15, 0.2) is 59.1 Å². The van der Waals surface area contributed by atoms with Gasteiger partial charge in [-0.2, -0.15) is 0 Å². The molecule has 0 radical (unpaired) electrons. The average Bonchev–Trinajstić information content (AvgIpc) is 2.76. The Morgan fingerprint density at radius 3 is 2.18 bits per heavy atom. The van der Waals surface area contributed by atoms with Crippen molar-refractivity contribution in [3.8, 4) is 0 Å². The van der Waals surface area contributed by atoms with Crippen LogP contribution in [0, 0.1) is 17.8 Å². The normalized spacial score (nSPS) is 33.3. The molecule has 28 heavy (non-hydrogen) atoms. The molecular formula is C27H38S. The Labute approximate surface area is 177 Å². The van der Waals surface area contributed by atoms with E-state index in [1.54, 1.807) is 10.5 Å². The molecule has 0 aromatic carbocycles. The number of allylic oxidation sites excluding steroid dienone is 8. The highest BCUT2D eigenvalue weighted by atomic mass is 32.2. The maximum atomic E-state index is 4.46. The van der Waals surface area contributed by atoms with E-state index in [1.165, 1.54) is 82.6 Å². The summed E-state index contributed by atoms with van der Waals surface area (Å²) in [5, 5.41) is 0.726. The molecule has 0 saturated heterocycles. The molecule has 0 aromatic heterocycles. The van der Waals surface area contributed by atoms with Crippen molar-refractivity contribution in [1.29, 1.82) is 0 Å². The van der Waals surface area contributed by atoms with Gasteiger partial charge in [-0.25, -0.2) is 0 Å². The Kier molecular flexibility index (Phi) is 7.40. The van der Waals surface area contributed by atoms with Crippen LogP contribution < -0.4 is 0 Å². The van der Waals surface area contributed by atoms with Gasteiger partial charge in [0.1, 0.15) is 0 Å². The van der Waals surface area contributed by atoms with Crippen LogP contribution in [-0.4, -0.2) is 5.25 Å². The smallest absolute Gasteiger partial charge is 0.0271 e. The van der Waals surface area contributed by atoms with E-state index in [9.17, 15) is 0 Å². The summed E-state index contributed by atoms with van der Waals surface area (Å²) in [7, 11) is 0. The molecule has 4 aliphatic rings. The number of rotatable bonds is 6. The fourth-order valence-electron chi connectivity index (χ4n) is 5.41. The summed E-state index contributed by atoms with van der Waals surface area (Å²) >= 11 is 2.15. The predicted molar refractivity (Wildman–Crippen MR) is 125 cm³/mol. The van der Waals surface area contributed by atoms with Gasteiger partial charge in [0.05, 0.1) is 0 Å². The molecule has 4 atom stereocenters. The van der Waals surface area contributed by atoms with Crippen molar-refractivity contribution < 1.29 is 0 Å². The van der Waals surface area contributed by atoms with Crippen LogP contribution in [0.25, 0.3) is 0 Å². The van der Waals surface area contributed by atoms with Gasteiger partial charge in [0.2, 0.25) is 0 Å². The third-order valence-electron chi connectivity index (χ3n) is 7.22. The third-order valence-corrected chi connectivity index (χ3v) is 8.59. The van der Waals surface area contributed by atoms with Crippen molar-refractivity contribution in [1.82, 2.24) is 0 Å². The second kappa shape index (κ2) is 10.2. The summed E-state index contributed by atoms with van der Waals surface area (Å²) in [5.41, 5.74) is 3.11. The molecule has 0 aliphatic heterocycles. The second-order valence-corrected chi connectivity index (χ2v) is 10.7. The van der Waals surface area contributed by atoms with Crippen LogP contribution in [0.4, 0.5) is 0 Å². The van der Waals surface area contributed by atoms with Crippen LogP contribution in [0.1, 0.15) is 83.5 Å². The molecular weight excluding hydrogens is 356 g/mol. The van der Waals surface area contributed by atoms with Gasteiger partial charge in [-0.05, 0) is 106 Å². The zero-order valence-corrected chi connectivity index (χ0v) is 18.4. The molecule has 1 heteroatoms. The van der Waals surface area contributed by atoms with Gasteiger partial charge >= 0.3 is 0 Å². The molecule has 0 N–H and O–H groups in total. The van der Waals surface area contributed by atoms with Gasteiger partial charge in [-0.3, -0.25) is 0 Å².